The van der Waals surface area contributed by atoms with Crippen LogP contribution in [0.5, 0.6) is 5.75 Å². The molecule has 0 amide bonds. The van der Waals surface area contributed by atoms with Crippen molar-refractivity contribution in [1.29, 1.82) is 0 Å². The number of imidazole rings is 1. The molecular formula is C18H16N2O3. The van der Waals surface area contributed by atoms with Gasteiger partial charge in [0.25, 0.3) is 0 Å². The van der Waals surface area contributed by atoms with Crippen molar-refractivity contribution in [3.63, 3.8) is 0 Å². The van der Waals surface area contributed by atoms with Crippen molar-refractivity contribution in [2.75, 3.05) is 7.11 Å². The number of aromatic nitrogens is 2. The number of fused-ring (bicyclic) bond motifs is 1. The van der Waals surface area contributed by atoms with Gasteiger partial charge >= 0.3 is 5.97 Å². The molecule has 5 heteroatoms. The Balaban J connectivity index is 1.94. The number of carboxylic acid groups (broad SMARTS) is 1. The number of aromatic amines is 1. The first-order chi connectivity index (χ1) is 11.1. The topological polar surface area (TPSA) is 75.2 Å². The Labute approximate surface area is 133 Å². The van der Waals surface area contributed by atoms with Crippen molar-refractivity contribution in [2.45, 2.75) is 6.92 Å². The zero-order valence-electron chi connectivity index (χ0n) is 12.8. The second kappa shape index (κ2) is 5.96. The number of para-hydroxylation sites is 1. The zero-order chi connectivity index (χ0) is 16.4. The van der Waals surface area contributed by atoms with Gasteiger partial charge in [0, 0.05) is 0 Å². The molecular weight excluding hydrogens is 292 g/mol. The fourth-order valence-electron chi connectivity index (χ4n) is 2.48. The van der Waals surface area contributed by atoms with E-state index < -0.39 is 5.97 Å². The van der Waals surface area contributed by atoms with Gasteiger partial charge in [-0.15, -0.1) is 0 Å². The standard InChI is InChI=1S/C18H16N2O3/c1-11-10-12(6-8-15(11)23-2)7-9-16-19-14-5-3-4-13(18(21)22)17(14)20-16/h3-10H,1-2H3,(H,19,20)(H,21,22). The Bertz CT molecular complexity index is 910. The number of hydrogen-bond acceptors (Lipinski definition) is 3. The first-order valence-corrected chi connectivity index (χ1v) is 7.13. The Morgan fingerprint density at radius 2 is 2.09 bits per heavy atom. The average Bonchev–Trinajstić information content (AvgIpc) is 2.95. The smallest absolute Gasteiger partial charge is 0.337 e. The van der Waals surface area contributed by atoms with Crippen molar-refractivity contribution >= 4 is 29.2 Å². The van der Waals surface area contributed by atoms with E-state index in [0.717, 1.165) is 16.9 Å². The van der Waals surface area contributed by atoms with Crippen LogP contribution in [0.1, 0.15) is 27.3 Å². The van der Waals surface area contributed by atoms with Crippen LogP contribution in [0.4, 0.5) is 0 Å². The van der Waals surface area contributed by atoms with Crippen LogP contribution in [0, 0.1) is 6.92 Å². The molecule has 0 saturated heterocycles. The quantitative estimate of drug-likeness (QED) is 0.769. The molecule has 2 aromatic carbocycles. The molecule has 0 aliphatic heterocycles. The maximum atomic E-state index is 11.2. The molecule has 5 nitrogen and oxygen atoms in total. The monoisotopic (exact) mass is 308 g/mol. The number of benzene rings is 2. The number of carboxylic acids is 1. The summed E-state index contributed by atoms with van der Waals surface area (Å²) in [5.41, 5.74) is 3.43. The van der Waals surface area contributed by atoms with Crippen LogP contribution in [-0.2, 0) is 0 Å². The summed E-state index contributed by atoms with van der Waals surface area (Å²) in [6.45, 7) is 1.98. The summed E-state index contributed by atoms with van der Waals surface area (Å²) in [4.78, 5) is 18.7. The molecule has 23 heavy (non-hydrogen) atoms. The van der Waals surface area contributed by atoms with Gasteiger partial charge in [-0.25, -0.2) is 9.78 Å². The third-order valence-corrected chi connectivity index (χ3v) is 3.61. The van der Waals surface area contributed by atoms with Gasteiger partial charge in [0.1, 0.15) is 17.1 Å². The molecule has 0 saturated carbocycles. The number of carbonyl (C=O) groups is 1. The molecule has 0 fully saturated rings. The lowest BCUT2D eigenvalue weighted by Crippen LogP contribution is -1.96. The minimum atomic E-state index is -0.983. The van der Waals surface area contributed by atoms with Crippen LogP contribution >= 0.6 is 0 Å². The van der Waals surface area contributed by atoms with Crippen molar-refractivity contribution in [2.24, 2.45) is 0 Å². The molecule has 0 radical (unpaired) electrons. The molecule has 0 spiro atoms. The number of nitrogens with one attached hydrogen (secondary N) is 1. The number of nitrogens with zero attached hydrogens (tertiary/aromatic N) is 1. The normalized spacial score (nSPS) is 11.2. The molecule has 0 unspecified atom stereocenters. The van der Waals surface area contributed by atoms with Crippen molar-refractivity contribution in [3.8, 4) is 5.75 Å². The highest BCUT2D eigenvalue weighted by Crippen LogP contribution is 2.21. The first-order valence-electron chi connectivity index (χ1n) is 7.13. The second-order valence-electron chi connectivity index (χ2n) is 5.19. The summed E-state index contributed by atoms with van der Waals surface area (Å²) < 4.78 is 5.24. The minimum Gasteiger partial charge on any atom is -0.496 e. The molecule has 0 atom stereocenters. The predicted molar refractivity (Wildman–Crippen MR) is 89.7 cm³/mol. The van der Waals surface area contributed by atoms with Crippen molar-refractivity contribution in [3.05, 3.63) is 58.9 Å². The highest BCUT2D eigenvalue weighted by Gasteiger charge is 2.11. The van der Waals surface area contributed by atoms with Gasteiger partial charge < -0.3 is 14.8 Å². The van der Waals surface area contributed by atoms with E-state index in [1.54, 1.807) is 19.2 Å². The summed E-state index contributed by atoms with van der Waals surface area (Å²) in [5, 5.41) is 9.20. The van der Waals surface area contributed by atoms with Crippen molar-refractivity contribution < 1.29 is 14.6 Å². The van der Waals surface area contributed by atoms with Gasteiger partial charge in [-0.05, 0) is 48.4 Å². The summed E-state index contributed by atoms with van der Waals surface area (Å²) in [7, 11) is 1.65. The third kappa shape index (κ3) is 2.94. The lowest BCUT2D eigenvalue weighted by atomic mass is 10.1. The van der Waals surface area contributed by atoms with Gasteiger partial charge in [-0.2, -0.15) is 0 Å². The molecule has 2 N–H and O–H groups in total. The summed E-state index contributed by atoms with van der Waals surface area (Å²) >= 11 is 0. The van der Waals surface area contributed by atoms with Crippen LogP contribution in [-0.4, -0.2) is 28.2 Å². The van der Waals surface area contributed by atoms with E-state index in [9.17, 15) is 9.90 Å². The maximum absolute atomic E-state index is 11.2. The zero-order valence-corrected chi connectivity index (χ0v) is 12.8. The molecule has 0 bridgehead atoms. The number of hydrogen-bond donors (Lipinski definition) is 2. The second-order valence-corrected chi connectivity index (χ2v) is 5.19. The number of aryl methyl sites for hydroxylation is 1. The molecule has 3 rings (SSSR count). The van der Waals surface area contributed by atoms with E-state index in [1.165, 1.54) is 0 Å². The predicted octanol–water partition coefficient (Wildman–Crippen LogP) is 3.75. The average molecular weight is 308 g/mol. The number of aromatic carboxylic acids is 1. The molecule has 0 aliphatic carbocycles. The lowest BCUT2D eigenvalue weighted by Gasteiger charge is -2.04. The third-order valence-electron chi connectivity index (χ3n) is 3.61. The van der Waals surface area contributed by atoms with Gasteiger partial charge in [-0.1, -0.05) is 18.2 Å². The van der Waals surface area contributed by atoms with Crippen molar-refractivity contribution in [1.82, 2.24) is 9.97 Å². The Morgan fingerprint density at radius 3 is 2.78 bits per heavy atom. The van der Waals surface area contributed by atoms with E-state index in [4.69, 9.17) is 4.74 Å². The Hall–Kier alpha value is -3.08. The molecule has 1 aromatic heterocycles. The van der Waals surface area contributed by atoms with Gasteiger partial charge in [0.05, 0.1) is 18.2 Å². The van der Waals surface area contributed by atoms with Gasteiger partial charge in [0.15, 0.2) is 0 Å². The largest absolute Gasteiger partial charge is 0.496 e. The van der Waals surface area contributed by atoms with Crippen LogP contribution in [0.25, 0.3) is 23.2 Å². The molecule has 0 aliphatic rings. The highest BCUT2D eigenvalue weighted by atomic mass is 16.5. The van der Waals surface area contributed by atoms with Gasteiger partial charge in [0.2, 0.25) is 0 Å². The van der Waals surface area contributed by atoms with Crippen LogP contribution in [0.2, 0.25) is 0 Å². The number of ether oxygens (including phenoxy) is 1. The molecule has 116 valence electrons. The maximum Gasteiger partial charge on any atom is 0.337 e. The van der Waals surface area contributed by atoms with E-state index >= 15 is 0 Å². The van der Waals surface area contributed by atoms with E-state index in [1.807, 2.05) is 43.3 Å². The first kappa shape index (κ1) is 14.8. The summed E-state index contributed by atoms with van der Waals surface area (Å²) in [6.07, 6.45) is 3.75. The molecule has 3 aromatic rings. The Kier molecular flexibility index (Phi) is 3.85. The van der Waals surface area contributed by atoms with Gasteiger partial charge in [-0.3, -0.25) is 0 Å². The Morgan fingerprint density at radius 1 is 1.26 bits per heavy atom. The van der Waals surface area contributed by atoms with E-state index in [-0.39, 0.29) is 5.56 Å². The number of methoxy groups -OCH3 is 1. The lowest BCUT2D eigenvalue weighted by molar-refractivity contribution is 0.0699. The number of H-pyrrole nitrogens is 1. The van der Waals surface area contributed by atoms with Crippen LogP contribution in [0.15, 0.2) is 36.4 Å². The fraction of sp³-hybridized carbons (Fsp3) is 0.111. The van der Waals surface area contributed by atoms with E-state index in [0.29, 0.717) is 16.9 Å². The molecule has 1 heterocycles. The fourth-order valence-corrected chi connectivity index (χ4v) is 2.48. The van der Waals surface area contributed by atoms with E-state index in [2.05, 4.69) is 9.97 Å². The van der Waals surface area contributed by atoms with Crippen LogP contribution < -0.4 is 4.74 Å². The minimum absolute atomic E-state index is 0.193. The summed E-state index contributed by atoms with van der Waals surface area (Å²) in [5.74, 6) is 0.475. The SMILES string of the molecule is COc1ccc(C=Cc2nc3c(C(=O)O)cccc3[nH]2)cc1C. The number of rotatable bonds is 4. The van der Waals surface area contributed by atoms with Crippen LogP contribution in [0.3, 0.4) is 0 Å². The summed E-state index contributed by atoms with van der Waals surface area (Å²) in [6, 6.07) is 10.9. The highest BCUT2D eigenvalue weighted by molar-refractivity contribution is 6.01.